The third-order valence-electron chi connectivity index (χ3n) is 8.91. The molecule has 0 radical (unpaired) electrons. The number of anilines is 2. The molecule has 226 valence electrons. The van der Waals surface area contributed by atoms with E-state index in [4.69, 9.17) is 15.2 Å². The fraction of sp³-hybridized carbons (Fsp3) is 0.500. The van der Waals surface area contributed by atoms with Gasteiger partial charge in [-0.25, -0.2) is 24.1 Å². The highest BCUT2D eigenvalue weighted by Crippen LogP contribution is 2.38. The van der Waals surface area contributed by atoms with Gasteiger partial charge in [0.25, 0.3) is 11.8 Å². The number of likely N-dealkylation sites (tertiary alicyclic amines) is 1. The van der Waals surface area contributed by atoms with Crippen molar-refractivity contribution in [1.29, 1.82) is 0 Å². The average molecular weight is 594 g/mol. The molecule has 5 heterocycles. The third-order valence-corrected chi connectivity index (χ3v) is 8.91. The van der Waals surface area contributed by atoms with Crippen LogP contribution in [0.4, 0.5) is 20.8 Å². The zero-order valence-corrected chi connectivity index (χ0v) is 23.6. The fourth-order valence-corrected chi connectivity index (χ4v) is 6.65. The van der Waals surface area contributed by atoms with Crippen molar-refractivity contribution in [2.45, 2.75) is 43.7 Å². The first-order valence-electron chi connectivity index (χ1n) is 14.4. The number of hydrogen-bond donors (Lipinski definition) is 4. The summed E-state index contributed by atoms with van der Waals surface area (Å²) in [5.41, 5.74) is 7.39. The molecule has 2 aromatic heterocycles. The Bertz CT molecular complexity index is 1640. The predicted molar refractivity (Wildman–Crippen MR) is 151 cm³/mol. The van der Waals surface area contributed by atoms with Crippen LogP contribution in [0.25, 0.3) is 11.0 Å². The number of aromatic amines is 1. The number of aromatic nitrogens is 4. The molecule has 3 aromatic rings. The highest BCUT2D eigenvalue weighted by molar-refractivity contribution is 5.95. The molecule has 2 atom stereocenters. The molecule has 7 rings (SSSR count). The van der Waals surface area contributed by atoms with Crippen LogP contribution >= 0.6 is 0 Å². The second kappa shape index (κ2) is 10.4. The summed E-state index contributed by atoms with van der Waals surface area (Å²) < 4.78 is 26.7. The summed E-state index contributed by atoms with van der Waals surface area (Å²) >= 11 is 0. The Balaban J connectivity index is 0.968. The molecule has 2 unspecified atom stereocenters. The first kappa shape index (κ1) is 27.5. The SMILES string of the molecule is CNC(Cc1nc2c(F)c3c(cc2[nH]1)CC(CN1CCC2(CC1)CN(c1cnc4c(n1)NC(=O)CO4)C(=O)O2)C3)C(N)=O. The first-order valence-corrected chi connectivity index (χ1v) is 14.4. The molecule has 1 aromatic carbocycles. The van der Waals surface area contributed by atoms with Crippen LogP contribution in [0.5, 0.6) is 5.88 Å². The maximum atomic E-state index is 15.5. The number of nitrogens with zero attached hydrogens (tertiary/aromatic N) is 5. The van der Waals surface area contributed by atoms with Crippen LogP contribution in [0.1, 0.15) is 29.8 Å². The minimum absolute atomic E-state index is 0.125. The molecular weight excluding hydrogens is 561 g/mol. The minimum Gasteiger partial charge on any atom is -0.465 e. The van der Waals surface area contributed by atoms with Crippen molar-refractivity contribution in [1.82, 2.24) is 30.2 Å². The summed E-state index contributed by atoms with van der Waals surface area (Å²) in [6.07, 6.45) is 3.92. The number of ether oxygens (including phenoxy) is 2. The van der Waals surface area contributed by atoms with Crippen molar-refractivity contribution in [2.75, 3.05) is 50.1 Å². The van der Waals surface area contributed by atoms with Crippen LogP contribution in [0.2, 0.25) is 0 Å². The Morgan fingerprint density at radius 1 is 1.28 bits per heavy atom. The van der Waals surface area contributed by atoms with Crippen molar-refractivity contribution >= 4 is 40.6 Å². The van der Waals surface area contributed by atoms with Crippen LogP contribution in [0, 0.1) is 11.7 Å². The number of nitrogens with one attached hydrogen (secondary N) is 3. The van der Waals surface area contributed by atoms with Crippen molar-refractivity contribution in [3.05, 3.63) is 35.0 Å². The van der Waals surface area contributed by atoms with Crippen molar-refractivity contribution in [2.24, 2.45) is 11.7 Å². The van der Waals surface area contributed by atoms with Crippen LogP contribution in [-0.2, 0) is 33.6 Å². The number of nitrogens with two attached hydrogens (primary N) is 1. The van der Waals surface area contributed by atoms with E-state index in [-0.39, 0.29) is 42.4 Å². The highest BCUT2D eigenvalue weighted by Gasteiger charge is 2.48. The van der Waals surface area contributed by atoms with E-state index in [2.05, 4.69) is 35.5 Å². The summed E-state index contributed by atoms with van der Waals surface area (Å²) in [7, 11) is 1.65. The molecule has 3 amide bonds. The van der Waals surface area contributed by atoms with E-state index in [1.807, 2.05) is 6.07 Å². The fourth-order valence-electron chi connectivity index (χ4n) is 6.65. The molecule has 0 bridgehead atoms. The van der Waals surface area contributed by atoms with Gasteiger partial charge in [-0.2, -0.15) is 0 Å². The van der Waals surface area contributed by atoms with Gasteiger partial charge in [-0.05, 0) is 43.0 Å². The molecule has 4 aliphatic rings. The molecule has 5 N–H and O–H groups in total. The maximum absolute atomic E-state index is 15.5. The molecule has 2 fully saturated rings. The molecule has 1 aliphatic carbocycles. The number of likely N-dealkylation sites (N-methyl/N-ethyl adjacent to an activating group) is 1. The summed E-state index contributed by atoms with van der Waals surface area (Å²) in [6, 6.07) is 1.39. The number of H-pyrrole nitrogens is 1. The molecule has 1 spiro atoms. The van der Waals surface area contributed by atoms with E-state index in [1.165, 1.54) is 11.1 Å². The standard InChI is InChI=1S/C28H32FN9O5/c1-31-18(24(30)40)9-19-33-17-8-15-6-14(7-16(15)22(29)23(17)34-19)11-37-4-2-28(3-5-37)13-38(27(41)43-28)20-10-32-26-25(35-20)36-21(39)12-42-26/h8,10,14,18,31H,2-7,9,11-13H2,1H3,(H2,30,40)(H,33,34)(H,35,36,39). The Kier molecular flexibility index (Phi) is 6.65. The Morgan fingerprint density at radius 3 is 2.86 bits per heavy atom. The zero-order chi connectivity index (χ0) is 29.9. The Morgan fingerprint density at radius 2 is 2.09 bits per heavy atom. The number of fused-ring (bicyclic) bond motifs is 3. The van der Waals surface area contributed by atoms with E-state index < -0.39 is 23.6 Å². The van der Waals surface area contributed by atoms with Crippen LogP contribution in [0.3, 0.4) is 0 Å². The normalized spacial score (nSPS) is 21.8. The van der Waals surface area contributed by atoms with E-state index >= 15 is 4.39 Å². The Hall–Kier alpha value is -4.37. The van der Waals surface area contributed by atoms with Crippen molar-refractivity contribution in [3.8, 4) is 5.88 Å². The highest BCUT2D eigenvalue weighted by atomic mass is 19.1. The number of rotatable bonds is 7. The molecule has 14 nitrogen and oxygen atoms in total. The van der Waals surface area contributed by atoms with Gasteiger partial charge < -0.3 is 35.7 Å². The van der Waals surface area contributed by atoms with E-state index in [9.17, 15) is 14.4 Å². The first-order chi connectivity index (χ1) is 20.7. The molecule has 43 heavy (non-hydrogen) atoms. The van der Waals surface area contributed by atoms with Gasteiger partial charge in [-0.1, -0.05) is 0 Å². The van der Waals surface area contributed by atoms with Gasteiger partial charge in [-0.3, -0.25) is 14.5 Å². The zero-order valence-electron chi connectivity index (χ0n) is 23.6. The van der Waals surface area contributed by atoms with Gasteiger partial charge in [0.15, 0.2) is 24.1 Å². The maximum Gasteiger partial charge on any atom is 0.416 e. The monoisotopic (exact) mass is 593 g/mol. The number of benzene rings is 1. The van der Waals surface area contributed by atoms with Gasteiger partial charge >= 0.3 is 6.09 Å². The predicted octanol–water partition coefficient (Wildman–Crippen LogP) is 0.645. The lowest BCUT2D eigenvalue weighted by molar-refractivity contribution is -0.120. The summed E-state index contributed by atoms with van der Waals surface area (Å²) in [5.74, 6) is 0.356. The number of carbonyl (C=O) groups excluding carboxylic acids is 3. The second-order valence-corrected chi connectivity index (χ2v) is 11.8. The molecule has 3 aliphatic heterocycles. The van der Waals surface area contributed by atoms with Crippen LogP contribution in [-0.4, -0.2) is 94.2 Å². The summed E-state index contributed by atoms with van der Waals surface area (Å²) in [5, 5.41) is 5.47. The number of primary amides is 1. The van der Waals surface area contributed by atoms with Crippen LogP contribution in [0.15, 0.2) is 12.3 Å². The van der Waals surface area contributed by atoms with Gasteiger partial charge in [0.05, 0.1) is 24.3 Å². The lowest BCUT2D eigenvalue weighted by Crippen LogP contribution is -2.48. The number of imidazole rings is 1. The number of carbonyl (C=O) groups is 3. The van der Waals surface area contributed by atoms with Crippen LogP contribution < -0.4 is 26.0 Å². The number of hydrogen-bond acceptors (Lipinski definition) is 10. The van der Waals surface area contributed by atoms with E-state index in [1.54, 1.807) is 7.05 Å². The lowest BCUT2D eigenvalue weighted by Gasteiger charge is -2.38. The summed E-state index contributed by atoms with van der Waals surface area (Å²) in [6.45, 7) is 2.52. The quantitative estimate of drug-likeness (QED) is 0.304. The molecular formula is C28H32FN9O5. The van der Waals surface area contributed by atoms with Gasteiger partial charge in [0.2, 0.25) is 5.91 Å². The molecule has 0 saturated carbocycles. The molecule has 2 saturated heterocycles. The van der Waals surface area contributed by atoms with Gasteiger partial charge in [0, 0.05) is 38.9 Å². The van der Waals surface area contributed by atoms with Crippen molar-refractivity contribution in [3.63, 3.8) is 0 Å². The van der Waals surface area contributed by atoms with E-state index in [0.717, 1.165) is 31.6 Å². The molecule has 15 heteroatoms. The largest absolute Gasteiger partial charge is 0.465 e. The van der Waals surface area contributed by atoms with Crippen molar-refractivity contribution < 1.29 is 28.2 Å². The number of piperidine rings is 1. The lowest BCUT2D eigenvalue weighted by atomic mass is 9.90. The topological polar surface area (TPSA) is 181 Å². The number of halogens is 1. The smallest absolute Gasteiger partial charge is 0.416 e. The number of amides is 3. The third kappa shape index (κ3) is 5.01. The van der Waals surface area contributed by atoms with E-state index in [0.29, 0.717) is 54.0 Å². The average Bonchev–Trinajstić information content (AvgIpc) is 3.67. The van der Waals surface area contributed by atoms with Gasteiger partial charge in [0.1, 0.15) is 16.9 Å². The second-order valence-electron chi connectivity index (χ2n) is 11.8. The van der Waals surface area contributed by atoms with Gasteiger partial charge in [-0.15, -0.1) is 0 Å². The summed E-state index contributed by atoms with van der Waals surface area (Å²) in [4.78, 5) is 56.0. The minimum atomic E-state index is -0.626. The Labute approximate surface area is 245 Å².